The highest BCUT2D eigenvalue weighted by Crippen LogP contribution is 2.61. The highest BCUT2D eigenvalue weighted by Gasteiger charge is 2.55. The quantitative estimate of drug-likeness (QED) is 0.726. The van der Waals surface area contributed by atoms with Gasteiger partial charge in [-0.05, 0) is 57.3 Å². The van der Waals surface area contributed by atoms with E-state index in [4.69, 9.17) is 8.85 Å². The largest absolute Gasteiger partial charge is 0.543 e. The summed E-state index contributed by atoms with van der Waals surface area (Å²) in [5.41, 5.74) is 0. The molecular weight excluding hydrogens is 244 g/mol. The van der Waals surface area contributed by atoms with E-state index < -0.39 is 18.1 Å². The van der Waals surface area contributed by atoms with Crippen molar-refractivity contribution in [3.63, 3.8) is 0 Å². The van der Waals surface area contributed by atoms with Gasteiger partial charge in [-0.2, -0.15) is 0 Å². The maximum Gasteiger partial charge on any atom is 0.274 e. The summed E-state index contributed by atoms with van der Waals surface area (Å²) in [6.07, 6.45) is 4.18. The van der Waals surface area contributed by atoms with E-state index in [0.717, 1.165) is 11.8 Å². The standard InChI is InChI=1S/C13H22O2Si2/c1-16(2)14-12-10-6-9-5-8(10)7-11(9)13(12)15-17(3)4/h8-11H,5-7H2,1-4H3. The Balaban J connectivity index is 1.91. The van der Waals surface area contributed by atoms with Gasteiger partial charge in [-0.25, -0.2) is 0 Å². The maximum absolute atomic E-state index is 6.21. The topological polar surface area (TPSA) is 18.5 Å². The Kier molecular flexibility index (Phi) is 2.90. The lowest BCUT2D eigenvalue weighted by atomic mass is 9.74. The van der Waals surface area contributed by atoms with Gasteiger partial charge in [0.05, 0.1) is 0 Å². The van der Waals surface area contributed by atoms with E-state index in [2.05, 4.69) is 26.2 Å². The Morgan fingerprint density at radius 1 is 0.765 bits per heavy atom. The maximum atomic E-state index is 6.21. The van der Waals surface area contributed by atoms with Crippen molar-refractivity contribution in [3.05, 3.63) is 11.5 Å². The van der Waals surface area contributed by atoms with E-state index in [-0.39, 0.29) is 0 Å². The smallest absolute Gasteiger partial charge is 0.274 e. The molecule has 2 nitrogen and oxygen atoms in total. The van der Waals surface area contributed by atoms with Gasteiger partial charge in [-0.1, -0.05) is 0 Å². The number of allylic oxidation sites excluding steroid dienone is 2. The lowest BCUT2D eigenvalue weighted by molar-refractivity contribution is 0.147. The zero-order valence-corrected chi connectivity index (χ0v) is 13.2. The van der Waals surface area contributed by atoms with Crippen molar-refractivity contribution < 1.29 is 8.85 Å². The second-order valence-electron chi connectivity index (χ2n) is 6.19. The number of hydrogen-bond acceptors (Lipinski definition) is 2. The molecule has 4 heteroatoms. The molecule has 4 unspecified atom stereocenters. The fourth-order valence-electron chi connectivity index (χ4n) is 3.98. The van der Waals surface area contributed by atoms with E-state index in [0.29, 0.717) is 11.8 Å². The van der Waals surface area contributed by atoms with Crippen molar-refractivity contribution in [2.45, 2.75) is 45.5 Å². The molecule has 4 atom stereocenters. The normalized spacial score (nSPS) is 38.7. The van der Waals surface area contributed by atoms with Crippen molar-refractivity contribution in [2.75, 3.05) is 0 Å². The fraction of sp³-hybridized carbons (Fsp3) is 0.846. The zero-order chi connectivity index (χ0) is 12.2. The summed E-state index contributed by atoms with van der Waals surface area (Å²) in [5, 5.41) is 0. The van der Waals surface area contributed by atoms with Gasteiger partial charge in [0.2, 0.25) is 0 Å². The Labute approximate surface area is 108 Å². The molecule has 94 valence electrons. The average Bonchev–Trinajstić information content (AvgIpc) is 2.77. The molecule has 4 aliphatic carbocycles. The van der Waals surface area contributed by atoms with Crippen molar-refractivity contribution in [3.8, 4) is 0 Å². The predicted molar refractivity (Wildman–Crippen MR) is 72.0 cm³/mol. The predicted octanol–water partition coefficient (Wildman–Crippen LogP) is 3.41. The highest BCUT2D eigenvalue weighted by molar-refractivity contribution is 6.49. The summed E-state index contributed by atoms with van der Waals surface area (Å²) in [6, 6.07) is 0. The van der Waals surface area contributed by atoms with Crippen LogP contribution in [0.25, 0.3) is 0 Å². The minimum Gasteiger partial charge on any atom is -0.543 e. The van der Waals surface area contributed by atoms with Gasteiger partial charge in [0.25, 0.3) is 18.1 Å². The lowest BCUT2D eigenvalue weighted by Gasteiger charge is -2.40. The van der Waals surface area contributed by atoms with Crippen LogP contribution in [0, 0.1) is 23.7 Å². The molecule has 0 amide bonds. The van der Waals surface area contributed by atoms with Crippen LogP contribution >= 0.6 is 0 Å². The van der Waals surface area contributed by atoms with Crippen LogP contribution < -0.4 is 0 Å². The summed E-state index contributed by atoms with van der Waals surface area (Å²) >= 11 is 0. The first-order valence-corrected chi connectivity index (χ1v) is 11.6. The number of rotatable bonds is 4. The minimum absolute atomic E-state index is 0.654. The molecule has 0 heterocycles. The Morgan fingerprint density at radius 3 is 1.47 bits per heavy atom. The third kappa shape index (κ3) is 1.89. The first kappa shape index (κ1) is 11.8. The molecule has 2 fully saturated rings. The van der Waals surface area contributed by atoms with Crippen LogP contribution in [0.4, 0.5) is 0 Å². The van der Waals surface area contributed by atoms with Crippen LogP contribution in [0.5, 0.6) is 0 Å². The second-order valence-corrected chi connectivity index (χ2v) is 10.2. The molecule has 0 aromatic carbocycles. The molecule has 4 aliphatic rings. The van der Waals surface area contributed by atoms with Gasteiger partial charge in [0, 0.05) is 11.8 Å². The van der Waals surface area contributed by atoms with E-state index in [9.17, 15) is 0 Å². The zero-order valence-electron chi connectivity index (χ0n) is 11.2. The molecule has 0 N–H and O–H groups in total. The lowest BCUT2D eigenvalue weighted by Crippen LogP contribution is -2.34. The van der Waals surface area contributed by atoms with Crippen molar-refractivity contribution in [1.29, 1.82) is 0 Å². The Morgan fingerprint density at radius 2 is 1.18 bits per heavy atom. The number of hydrogen-bond donors (Lipinski definition) is 0. The van der Waals surface area contributed by atoms with Gasteiger partial charge in [-0.3, -0.25) is 0 Å². The van der Waals surface area contributed by atoms with E-state index in [1.54, 1.807) is 0 Å². The van der Waals surface area contributed by atoms with Gasteiger partial charge >= 0.3 is 0 Å². The molecule has 4 rings (SSSR count). The summed E-state index contributed by atoms with van der Waals surface area (Å²) in [5.74, 6) is 5.81. The van der Waals surface area contributed by atoms with Gasteiger partial charge in [0.1, 0.15) is 11.5 Å². The third-order valence-electron chi connectivity index (χ3n) is 4.40. The minimum atomic E-state index is -0.654. The highest BCUT2D eigenvalue weighted by atomic mass is 28.3. The first-order valence-electron chi connectivity index (χ1n) is 6.76. The van der Waals surface area contributed by atoms with E-state index >= 15 is 0 Å². The van der Waals surface area contributed by atoms with Crippen LogP contribution in [0.1, 0.15) is 19.3 Å². The fourth-order valence-corrected chi connectivity index (χ4v) is 5.36. The molecule has 4 bridgehead atoms. The Hall–Kier alpha value is -0.226. The molecule has 2 radical (unpaired) electrons. The van der Waals surface area contributed by atoms with Gasteiger partial charge in [-0.15, -0.1) is 0 Å². The summed E-state index contributed by atoms with van der Waals surface area (Å²) < 4.78 is 12.4. The third-order valence-corrected chi connectivity index (χ3v) is 5.66. The van der Waals surface area contributed by atoms with E-state index in [1.807, 2.05) is 0 Å². The molecular formula is C13H22O2Si2. The average molecular weight is 266 g/mol. The van der Waals surface area contributed by atoms with Crippen molar-refractivity contribution in [2.24, 2.45) is 23.7 Å². The van der Waals surface area contributed by atoms with Crippen LogP contribution in [-0.2, 0) is 8.85 Å². The van der Waals surface area contributed by atoms with Crippen molar-refractivity contribution >= 4 is 18.1 Å². The SMILES string of the molecule is C[Si](C)OC1=C(O[Si](C)C)C2CC3CC2CC13. The first-order chi connectivity index (χ1) is 8.06. The monoisotopic (exact) mass is 266 g/mol. The van der Waals surface area contributed by atoms with Gasteiger partial charge in [0.15, 0.2) is 0 Å². The summed E-state index contributed by atoms with van der Waals surface area (Å²) in [6.45, 7) is 8.91. The second kappa shape index (κ2) is 4.16. The molecule has 0 aromatic heterocycles. The van der Waals surface area contributed by atoms with E-state index in [1.165, 1.54) is 30.8 Å². The molecule has 0 saturated heterocycles. The van der Waals surface area contributed by atoms with Gasteiger partial charge < -0.3 is 8.85 Å². The molecule has 0 aromatic rings. The Bertz CT molecular complexity index is 319. The summed E-state index contributed by atoms with van der Waals surface area (Å²) in [7, 11) is -1.31. The van der Waals surface area contributed by atoms with Crippen LogP contribution in [0.3, 0.4) is 0 Å². The van der Waals surface area contributed by atoms with Crippen LogP contribution in [0.15, 0.2) is 11.5 Å². The van der Waals surface area contributed by atoms with Crippen LogP contribution in [-0.4, -0.2) is 18.1 Å². The molecule has 2 saturated carbocycles. The van der Waals surface area contributed by atoms with Crippen LogP contribution in [0.2, 0.25) is 26.2 Å². The molecule has 17 heavy (non-hydrogen) atoms. The molecule has 0 aliphatic heterocycles. The summed E-state index contributed by atoms with van der Waals surface area (Å²) in [4.78, 5) is 0. The molecule has 0 spiro atoms. The van der Waals surface area contributed by atoms with Crippen molar-refractivity contribution in [1.82, 2.24) is 0 Å².